The predicted molar refractivity (Wildman–Crippen MR) is 103 cm³/mol. The lowest BCUT2D eigenvalue weighted by atomic mass is 10.1. The molecule has 1 N–H and O–H groups in total. The summed E-state index contributed by atoms with van der Waals surface area (Å²) in [4.78, 5) is 4.20. The van der Waals surface area contributed by atoms with E-state index in [2.05, 4.69) is 19.7 Å². The highest BCUT2D eigenvalue weighted by Crippen LogP contribution is 2.26. The minimum Gasteiger partial charge on any atom is -0.492 e. The Kier molecular flexibility index (Phi) is 4.87. The number of aromatic amines is 1. The van der Waals surface area contributed by atoms with Crippen molar-refractivity contribution in [1.82, 2.24) is 19.7 Å². The number of nitrogens with zero attached hydrogens (tertiary/aromatic N) is 3. The Morgan fingerprint density at radius 3 is 2.22 bits per heavy atom. The van der Waals surface area contributed by atoms with Crippen molar-refractivity contribution in [3.05, 3.63) is 79.0 Å². The number of aryl methyl sites for hydroxylation is 1. The van der Waals surface area contributed by atoms with Gasteiger partial charge in [0, 0.05) is 18.6 Å². The number of rotatable bonds is 7. The molecule has 0 atom stereocenters. The minimum absolute atomic E-state index is 0.590. The van der Waals surface area contributed by atoms with Crippen molar-refractivity contribution < 1.29 is 9.47 Å². The lowest BCUT2D eigenvalue weighted by Crippen LogP contribution is -2.08. The van der Waals surface area contributed by atoms with Crippen LogP contribution in [-0.4, -0.2) is 26.4 Å². The monoisotopic (exact) mass is 360 g/mol. The molecule has 0 unspecified atom stereocenters. The molecule has 0 radical (unpaired) electrons. The molecule has 0 aliphatic carbocycles. The first kappa shape index (κ1) is 16.9. The van der Waals surface area contributed by atoms with E-state index in [-0.39, 0.29) is 0 Å². The molecule has 27 heavy (non-hydrogen) atoms. The Morgan fingerprint density at radius 1 is 0.889 bits per heavy atom. The number of aromatic nitrogens is 4. The van der Waals surface area contributed by atoms with Crippen molar-refractivity contribution in [1.29, 1.82) is 0 Å². The van der Waals surface area contributed by atoms with Crippen molar-refractivity contribution in [3.8, 4) is 28.5 Å². The van der Waals surface area contributed by atoms with Gasteiger partial charge < -0.3 is 14.0 Å². The minimum atomic E-state index is 0.590. The quantitative estimate of drug-likeness (QED) is 0.529. The topological polar surface area (TPSA) is 65.0 Å². The van der Waals surface area contributed by atoms with Crippen LogP contribution in [0.15, 0.2) is 73.2 Å². The lowest BCUT2D eigenvalue weighted by molar-refractivity contribution is 0.296. The summed E-state index contributed by atoms with van der Waals surface area (Å²) in [6.45, 7) is 3.34. The van der Waals surface area contributed by atoms with E-state index < -0.39 is 0 Å². The molecule has 0 aliphatic heterocycles. The molecule has 0 saturated carbocycles. The van der Waals surface area contributed by atoms with Crippen LogP contribution in [0.4, 0.5) is 0 Å². The van der Waals surface area contributed by atoms with Crippen LogP contribution >= 0.6 is 0 Å². The number of ether oxygens (including phenoxy) is 2. The molecule has 2 aromatic carbocycles. The second-order valence-electron chi connectivity index (χ2n) is 6.08. The second-order valence-corrected chi connectivity index (χ2v) is 6.08. The molecule has 0 aliphatic rings. The standard InChI is InChI=1S/C21H20N4O2/c1-16-22-12-13-25(16)14-15-26-18-6-8-20(9-7-18)27-19-4-2-17(3-5-19)21-10-11-23-24-21/h2-13H,14-15H2,1H3,(H,23,24). The molecular formula is C21H20N4O2. The third kappa shape index (κ3) is 4.17. The first-order chi connectivity index (χ1) is 13.3. The van der Waals surface area contributed by atoms with Crippen molar-refractivity contribution in [2.24, 2.45) is 0 Å². The van der Waals surface area contributed by atoms with E-state index in [0.717, 1.165) is 40.9 Å². The SMILES string of the molecule is Cc1nccn1CCOc1ccc(Oc2ccc(-c3ccn[nH]3)cc2)cc1. The third-order valence-electron chi connectivity index (χ3n) is 4.25. The molecule has 4 aromatic rings. The van der Waals surface area contributed by atoms with Gasteiger partial charge in [-0.05, 0) is 67.1 Å². The Morgan fingerprint density at radius 2 is 1.59 bits per heavy atom. The van der Waals surface area contributed by atoms with Gasteiger partial charge in [0.15, 0.2) is 0 Å². The summed E-state index contributed by atoms with van der Waals surface area (Å²) in [5.41, 5.74) is 2.05. The lowest BCUT2D eigenvalue weighted by Gasteiger charge is -2.10. The van der Waals surface area contributed by atoms with E-state index in [4.69, 9.17) is 9.47 Å². The van der Waals surface area contributed by atoms with Crippen LogP contribution in [0.5, 0.6) is 17.2 Å². The zero-order valence-electron chi connectivity index (χ0n) is 15.0. The summed E-state index contributed by atoms with van der Waals surface area (Å²) < 4.78 is 13.7. The highest BCUT2D eigenvalue weighted by atomic mass is 16.5. The summed E-state index contributed by atoms with van der Waals surface area (Å²) in [7, 11) is 0. The normalized spacial score (nSPS) is 10.7. The maximum atomic E-state index is 5.89. The van der Waals surface area contributed by atoms with E-state index in [1.165, 1.54) is 0 Å². The average molecular weight is 360 g/mol. The van der Waals surface area contributed by atoms with Crippen LogP contribution < -0.4 is 9.47 Å². The Labute approximate surface area is 157 Å². The first-order valence-electron chi connectivity index (χ1n) is 8.76. The second kappa shape index (κ2) is 7.78. The maximum Gasteiger partial charge on any atom is 0.127 e. The molecule has 0 fully saturated rings. The van der Waals surface area contributed by atoms with E-state index in [1.54, 1.807) is 12.4 Å². The van der Waals surface area contributed by atoms with Gasteiger partial charge in [-0.3, -0.25) is 5.10 Å². The fourth-order valence-electron chi connectivity index (χ4n) is 2.76. The van der Waals surface area contributed by atoms with E-state index in [1.807, 2.05) is 67.7 Å². The van der Waals surface area contributed by atoms with E-state index >= 15 is 0 Å². The molecule has 0 bridgehead atoms. The molecule has 4 rings (SSSR count). The van der Waals surface area contributed by atoms with Crippen LogP contribution in [0, 0.1) is 6.92 Å². The van der Waals surface area contributed by atoms with Crippen LogP contribution in [0.1, 0.15) is 5.82 Å². The number of nitrogens with one attached hydrogen (secondary N) is 1. The third-order valence-corrected chi connectivity index (χ3v) is 4.25. The zero-order valence-corrected chi connectivity index (χ0v) is 15.0. The van der Waals surface area contributed by atoms with Gasteiger partial charge in [0.1, 0.15) is 29.7 Å². The van der Waals surface area contributed by atoms with Crippen molar-refractivity contribution in [2.45, 2.75) is 13.5 Å². The van der Waals surface area contributed by atoms with Gasteiger partial charge in [-0.1, -0.05) is 0 Å². The van der Waals surface area contributed by atoms with Gasteiger partial charge in [0.2, 0.25) is 0 Å². The van der Waals surface area contributed by atoms with Crippen LogP contribution in [0.3, 0.4) is 0 Å². The Hall–Kier alpha value is -3.54. The van der Waals surface area contributed by atoms with Gasteiger partial charge in [-0.2, -0.15) is 5.10 Å². The van der Waals surface area contributed by atoms with Crippen molar-refractivity contribution in [2.75, 3.05) is 6.61 Å². The van der Waals surface area contributed by atoms with Gasteiger partial charge in [0.25, 0.3) is 0 Å². The number of imidazole rings is 1. The molecule has 0 amide bonds. The van der Waals surface area contributed by atoms with Crippen molar-refractivity contribution >= 4 is 0 Å². The molecule has 0 spiro atoms. The maximum absolute atomic E-state index is 5.89. The molecule has 2 aromatic heterocycles. The van der Waals surface area contributed by atoms with Gasteiger partial charge in [-0.15, -0.1) is 0 Å². The van der Waals surface area contributed by atoms with Crippen molar-refractivity contribution in [3.63, 3.8) is 0 Å². The van der Waals surface area contributed by atoms with Gasteiger partial charge >= 0.3 is 0 Å². The largest absolute Gasteiger partial charge is 0.492 e. The van der Waals surface area contributed by atoms with E-state index in [9.17, 15) is 0 Å². The van der Waals surface area contributed by atoms with Gasteiger partial charge in [0.05, 0.1) is 12.2 Å². The smallest absolute Gasteiger partial charge is 0.127 e. The summed E-state index contributed by atoms with van der Waals surface area (Å²) in [6, 6.07) is 17.4. The number of H-pyrrole nitrogens is 1. The average Bonchev–Trinajstić information content (AvgIpc) is 3.36. The highest BCUT2D eigenvalue weighted by molar-refractivity contribution is 5.59. The Balaban J connectivity index is 1.31. The zero-order chi connectivity index (χ0) is 18.5. The molecule has 6 heteroatoms. The van der Waals surface area contributed by atoms with Crippen LogP contribution in [0.25, 0.3) is 11.3 Å². The first-order valence-corrected chi connectivity index (χ1v) is 8.76. The fourth-order valence-corrected chi connectivity index (χ4v) is 2.76. The fraction of sp³-hybridized carbons (Fsp3) is 0.143. The van der Waals surface area contributed by atoms with E-state index in [0.29, 0.717) is 6.61 Å². The molecule has 2 heterocycles. The predicted octanol–water partition coefficient (Wildman–Crippen LogP) is 4.45. The molecule has 6 nitrogen and oxygen atoms in total. The highest BCUT2D eigenvalue weighted by Gasteiger charge is 2.02. The summed E-state index contributed by atoms with van der Waals surface area (Å²) in [5.74, 6) is 3.35. The summed E-state index contributed by atoms with van der Waals surface area (Å²) in [6.07, 6.45) is 5.48. The van der Waals surface area contributed by atoms with Gasteiger partial charge in [-0.25, -0.2) is 4.98 Å². The Bertz CT molecular complexity index is 974. The number of hydrogen-bond acceptors (Lipinski definition) is 4. The molecule has 0 saturated heterocycles. The summed E-state index contributed by atoms with van der Waals surface area (Å²) >= 11 is 0. The summed E-state index contributed by atoms with van der Waals surface area (Å²) in [5, 5.41) is 6.91. The van der Waals surface area contributed by atoms with Crippen LogP contribution in [0.2, 0.25) is 0 Å². The molecular weight excluding hydrogens is 340 g/mol. The number of hydrogen-bond donors (Lipinski definition) is 1. The van der Waals surface area contributed by atoms with Crippen LogP contribution in [-0.2, 0) is 6.54 Å². The molecule has 136 valence electrons. The number of benzene rings is 2.